The summed E-state index contributed by atoms with van der Waals surface area (Å²) in [4.78, 5) is 27.1. The van der Waals surface area contributed by atoms with E-state index in [0.29, 0.717) is 23.7 Å². The van der Waals surface area contributed by atoms with Gasteiger partial charge in [-0.05, 0) is 57.6 Å². The first-order valence-electron chi connectivity index (χ1n) is 7.60. The number of rotatable bonds is 7. The van der Waals surface area contributed by atoms with Gasteiger partial charge in [0.15, 0.2) is 0 Å². The average Bonchev–Trinajstić information content (AvgIpc) is 2.38. The Labute approximate surface area is 146 Å². The second kappa shape index (κ2) is 8.77. The van der Waals surface area contributed by atoms with Crippen molar-refractivity contribution in [3.8, 4) is 0 Å². The van der Waals surface area contributed by atoms with Crippen LogP contribution in [0.2, 0.25) is 0 Å². The molecule has 8 heteroatoms. The number of pyridine rings is 1. The maximum atomic E-state index is 11.7. The van der Waals surface area contributed by atoms with E-state index in [9.17, 15) is 14.7 Å². The molecule has 0 radical (unpaired) electrons. The summed E-state index contributed by atoms with van der Waals surface area (Å²) in [5.74, 6) is 0.576. The molecule has 0 aromatic carbocycles. The summed E-state index contributed by atoms with van der Waals surface area (Å²) in [6.45, 7) is 7.10. The normalized spacial score (nSPS) is 12.5. The van der Waals surface area contributed by atoms with E-state index in [-0.39, 0.29) is 0 Å². The van der Waals surface area contributed by atoms with Gasteiger partial charge in [0.1, 0.15) is 17.5 Å². The number of carboxylic acids is 1. The number of ether oxygens (including phenoxy) is 1. The smallest absolute Gasteiger partial charge is 0.408 e. The first-order chi connectivity index (χ1) is 11.1. The number of thioether (sulfide) groups is 1. The Morgan fingerprint density at radius 3 is 2.62 bits per heavy atom. The van der Waals surface area contributed by atoms with Gasteiger partial charge in [0.2, 0.25) is 0 Å². The summed E-state index contributed by atoms with van der Waals surface area (Å²) in [7, 11) is 0. The van der Waals surface area contributed by atoms with Crippen molar-refractivity contribution in [2.75, 3.05) is 11.5 Å². The molecule has 0 fully saturated rings. The minimum Gasteiger partial charge on any atom is -0.480 e. The molecule has 1 amide bonds. The zero-order valence-corrected chi connectivity index (χ0v) is 15.3. The molecule has 24 heavy (non-hydrogen) atoms. The van der Waals surface area contributed by atoms with Crippen LogP contribution in [0, 0.1) is 6.92 Å². The minimum atomic E-state index is -1.08. The molecule has 134 valence electrons. The average molecular weight is 355 g/mol. The predicted molar refractivity (Wildman–Crippen MR) is 95.0 cm³/mol. The van der Waals surface area contributed by atoms with E-state index < -0.39 is 23.7 Å². The number of alkyl carbamates (subject to hydrolysis) is 1. The lowest BCUT2D eigenvalue weighted by Crippen LogP contribution is -2.43. The van der Waals surface area contributed by atoms with Crippen molar-refractivity contribution in [3.05, 3.63) is 23.4 Å². The number of aryl methyl sites for hydroxylation is 1. The fourth-order valence-corrected chi connectivity index (χ4v) is 2.83. The van der Waals surface area contributed by atoms with E-state index >= 15 is 0 Å². The Hall–Kier alpha value is -1.96. The largest absolute Gasteiger partial charge is 0.480 e. The summed E-state index contributed by atoms with van der Waals surface area (Å²) in [5.41, 5.74) is 6.92. The zero-order chi connectivity index (χ0) is 18.3. The van der Waals surface area contributed by atoms with E-state index in [1.807, 2.05) is 13.0 Å². The molecule has 0 saturated carbocycles. The monoisotopic (exact) mass is 355 g/mol. The molecule has 1 aromatic heterocycles. The molecule has 4 N–H and O–H groups in total. The minimum absolute atomic E-state index is 0.292. The van der Waals surface area contributed by atoms with Gasteiger partial charge in [-0.25, -0.2) is 14.6 Å². The van der Waals surface area contributed by atoms with Crippen LogP contribution in [0.15, 0.2) is 12.1 Å². The molecular formula is C16H25N3O4S. The topological polar surface area (TPSA) is 115 Å². The fraction of sp³-hybridized carbons (Fsp3) is 0.562. The van der Waals surface area contributed by atoms with Crippen molar-refractivity contribution in [2.45, 2.75) is 51.5 Å². The first kappa shape index (κ1) is 20.1. The number of carboxylic acid groups (broad SMARTS) is 1. The van der Waals surface area contributed by atoms with E-state index in [0.717, 1.165) is 11.3 Å². The molecule has 7 nitrogen and oxygen atoms in total. The van der Waals surface area contributed by atoms with Crippen LogP contribution in [0.1, 0.15) is 38.4 Å². The molecule has 0 spiro atoms. The highest BCUT2D eigenvalue weighted by Crippen LogP contribution is 2.15. The van der Waals surface area contributed by atoms with Crippen LogP contribution in [0.4, 0.5) is 10.6 Å². The molecule has 1 aromatic rings. The van der Waals surface area contributed by atoms with Crippen molar-refractivity contribution in [3.63, 3.8) is 0 Å². The van der Waals surface area contributed by atoms with Gasteiger partial charge >= 0.3 is 12.1 Å². The number of amides is 1. The van der Waals surface area contributed by atoms with Crippen LogP contribution in [0.25, 0.3) is 0 Å². The van der Waals surface area contributed by atoms with Crippen LogP contribution in [0.5, 0.6) is 0 Å². The molecule has 0 aliphatic rings. The number of aliphatic carboxylic acids is 1. The van der Waals surface area contributed by atoms with Crippen LogP contribution >= 0.6 is 11.8 Å². The molecular weight excluding hydrogens is 330 g/mol. The highest BCUT2D eigenvalue weighted by atomic mass is 32.2. The number of anilines is 1. The third-order valence-electron chi connectivity index (χ3n) is 2.83. The molecule has 1 heterocycles. The van der Waals surface area contributed by atoms with Crippen molar-refractivity contribution in [1.29, 1.82) is 0 Å². The third-order valence-corrected chi connectivity index (χ3v) is 3.86. The Morgan fingerprint density at radius 2 is 2.08 bits per heavy atom. The number of carbonyl (C=O) groups excluding carboxylic acids is 1. The lowest BCUT2D eigenvalue weighted by molar-refractivity contribution is -0.139. The van der Waals surface area contributed by atoms with Gasteiger partial charge in [0.25, 0.3) is 0 Å². The van der Waals surface area contributed by atoms with E-state index in [1.165, 1.54) is 11.8 Å². The molecule has 0 saturated heterocycles. The summed E-state index contributed by atoms with van der Waals surface area (Å²) < 4.78 is 5.08. The molecule has 0 aliphatic heterocycles. The Morgan fingerprint density at radius 1 is 1.42 bits per heavy atom. The maximum Gasteiger partial charge on any atom is 0.408 e. The van der Waals surface area contributed by atoms with Crippen molar-refractivity contribution in [1.82, 2.24) is 10.3 Å². The fourth-order valence-electron chi connectivity index (χ4n) is 1.93. The first-order valence-corrected chi connectivity index (χ1v) is 8.75. The van der Waals surface area contributed by atoms with Gasteiger partial charge in [0, 0.05) is 5.75 Å². The van der Waals surface area contributed by atoms with Crippen molar-refractivity contribution < 1.29 is 19.4 Å². The number of aromatic nitrogens is 1. The highest BCUT2D eigenvalue weighted by molar-refractivity contribution is 7.98. The number of carbonyl (C=O) groups is 2. The second-order valence-electron chi connectivity index (χ2n) is 6.44. The number of nitrogens with two attached hydrogens (primary N) is 1. The van der Waals surface area contributed by atoms with Gasteiger partial charge in [-0.3, -0.25) is 0 Å². The van der Waals surface area contributed by atoms with Gasteiger partial charge < -0.3 is 20.9 Å². The quantitative estimate of drug-likeness (QED) is 0.644. The van der Waals surface area contributed by atoms with Gasteiger partial charge in [-0.2, -0.15) is 11.8 Å². The summed E-state index contributed by atoms with van der Waals surface area (Å²) >= 11 is 1.54. The Balaban J connectivity index is 2.44. The lowest BCUT2D eigenvalue weighted by Gasteiger charge is -2.21. The molecule has 0 unspecified atom stereocenters. The predicted octanol–water partition coefficient (Wildman–Crippen LogP) is 2.57. The van der Waals surface area contributed by atoms with Gasteiger partial charge in [-0.1, -0.05) is 0 Å². The molecule has 1 rings (SSSR count). The standard InChI is InChI=1S/C16H25N3O4S/c1-10-7-11(18-13(17)8-10)9-24-6-5-12(14(20)21)19-15(22)23-16(2,3)4/h7-8,12H,5-6,9H2,1-4H3,(H2,17,18)(H,19,22)(H,20,21)/t12-/m1/s1. The van der Waals surface area contributed by atoms with Crippen LogP contribution in [-0.2, 0) is 15.3 Å². The summed E-state index contributed by atoms with van der Waals surface area (Å²) in [6.07, 6.45) is -0.436. The maximum absolute atomic E-state index is 11.7. The van der Waals surface area contributed by atoms with E-state index in [4.69, 9.17) is 10.5 Å². The molecule has 1 atom stereocenters. The van der Waals surface area contributed by atoms with Crippen LogP contribution in [0.3, 0.4) is 0 Å². The Bertz CT molecular complexity index is 567. The SMILES string of the molecule is Cc1cc(N)nc(CSCC[C@@H](NC(=O)OC(C)(C)C)C(=O)O)c1. The van der Waals surface area contributed by atoms with Gasteiger partial charge in [-0.15, -0.1) is 0 Å². The number of nitrogens with one attached hydrogen (secondary N) is 1. The van der Waals surface area contributed by atoms with Crippen molar-refractivity contribution in [2.24, 2.45) is 0 Å². The second-order valence-corrected chi connectivity index (χ2v) is 7.54. The zero-order valence-electron chi connectivity index (χ0n) is 14.5. The third kappa shape index (κ3) is 8.05. The van der Waals surface area contributed by atoms with E-state index in [1.54, 1.807) is 26.8 Å². The summed E-state index contributed by atoms with van der Waals surface area (Å²) in [6, 6.07) is 2.75. The molecule has 0 bridgehead atoms. The van der Waals surface area contributed by atoms with Crippen LogP contribution < -0.4 is 11.1 Å². The van der Waals surface area contributed by atoms with E-state index in [2.05, 4.69) is 10.3 Å². The summed E-state index contributed by atoms with van der Waals surface area (Å²) in [5, 5.41) is 11.6. The van der Waals surface area contributed by atoms with Crippen LogP contribution in [-0.4, -0.2) is 39.5 Å². The van der Waals surface area contributed by atoms with Crippen molar-refractivity contribution >= 4 is 29.6 Å². The van der Waals surface area contributed by atoms with Gasteiger partial charge in [0.05, 0.1) is 5.69 Å². The lowest BCUT2D eigenvalue weighted by atomic mass is 10.2. The number of hydrogen-bond donors (Lipinski definition) is 3. The number of nitrogens with zero attached hydrogens (tertiary/aromatic N) is 1. The Kier molecular flexibility index (Phi) is 7.34. The number of nitrogen functional groups attached to an aromatic ring is 1. The highest BCUT2D eigenvalue weighted by Gasteiger charge is 2.23. The number of hydrogen-bond acceptors (Lipinski definition) is 6. The molecule has 0 aliphatic carbocycles.